The van der Waals surface area contributed by atoms with Crippen molar-refractivity contribution in [2.24, 2.45) is 0 Å². The molecular formula is C10H20N2S. The van der Waals surface area contributed by atoms with E-state index < -0.39 is 0 Å². The third-order valence-electron chi connectivity index (χ3n) is 2.38. The van der Waals surface area contributed by atoms with Crippen molar-refractivity contribution in [1.29, 1.82) is 5.26 Å². The van der Waals surface area contributed by atoms with Crippen molar-refractivity contribution >= 4 is 11.8 Å². The maximum absolute atomic E-state index is 8.89. The Balaban J connectivity index is 3.69. The van der Waals surface area contributed by atoms with Crippen LogP contribution >= 0.6 is 11.8 Å². The highest BCUT2D eigenvalue weighted by Crippen LogP contribution is 2.18. The molecule has 0 aliphatic rings. The van der Waals surface area contributed by atoms with Gasteiger partial charge in [-0.1, -0.05) is 13.8 Å². The van der Waals surface area contributed by atoms with E-state index in [1.54, 1.807) is 0 Å². The van der Waals surface area contributed by atoms with Crippen LogP contribution in [0.3, 0.4) is 0 Å². The molecule has 2 nitrogen and oxygen atoms in total. The highest BCUT2D eigenvalue weighted by molar-refractivity contribution is 7.99. The molecule has 0 saturated carbocycles. The lowest BCUT2D eigenvalue weighted by molar-refractivity contribution is 0.479. The second-order valence-electron chi connectivity index (χ2n) is 3.53. The summed E-state index contributed by atoms with van der Waals surface area (Å²) in [7, 11) is 1.84. The van der Waals surface area contributed by atoms with Crippen LogP contribution in [0.4, 0.5) is 0 Å². The van der Waals surface area contributed by atoms with Gasteiger partial charge in [-0.15, -0.1) is 0 Å². The molecule has 0 saturated heterocycles. The quantitative estimate of drug-likeness (QED) is 0.715. The van der Waals surface area contributed by atoms with Crippen LogP contribution in [0.1, 0.15) is 33.6 Å². The number of rotatable bonds is 6. The Labute approximate surface area is 86.1 Å². The highest BCUT2D eigenvalue weighted by Gasteiger charge is 2.20. The SMILES string of the molecule is CCC(C)SCCC(C)(C#N)NC. The van der Waals surface area contributed by atoms with Gasteiger partial charge < -0.3 is 5.32 Å². The first-order valence-corrected chi connectivity index (χ1v) is 5.84. The molecule has 1 N–H and O–H groups in total. The molecular weight excluding hydrogens is 180 g/mol. The summed E-state index contributed by atoms with van der Waals surface area (Å²) >= 11 is 1.94. The Morgan fingerprint density at radius 1 is 1.62 bits per heavy atom. The second kappa shape index (κ2) is 6.28. The second-order valence-corrected chi connectivity index (χ2v) is 5.08. The molecule has 0 aromatic rings. The van der Waals surface area contributed by atoms with Crippen molar-refractivity contribution in [3.05, 3.63) is 0 Å². The zero-order chi connectivity index (χ0) is 10.3. The number of nitriles is 1. The molecule has 2 atom stereocenters. The average molecular weight is 200 g/mol. The summed E-state index contributed by atoms with van der Waals surface area (Å²) in [6.45, 7) is 6.37. The topological polar surface area (TPSA) is 35.8 Å². The Morgan fingerprint density at radius 2 is 2.23 bits per heavy atom. The lowest BCUT2D eigenvalue weighted by Crippen LogP contribution is -2.38. The van der Waals surface area contributed by atoms with Crippen LogP contribution in [0.25, 0.3) is 0 Å². The third kappa shape index (κ3) is 5.17. The zero-order valence-electron chi connectivity index (χ0n) is 9.05. The van der Waals surface area contributed by atoms with E-state index in [0.29, 0.717) is 5.25 Å². The minimum Gasteiger partial charge on any atom is -0.303 e. The standard InChI is InChI=1S/C10H20N2S/c1-5-9(2)13-7-6-10(3,8-11)12-4/h9,12H,5-7H2,1-4H3. The highest BCUT2D eigenvalue weighted by atomic mass is 32.2. The van der Waals surface area contributed by atoms with Gasteiger partial charge in [0.1, 0.15) is 5.54 Å². The van der Waals surface area contributed by atoms with E-state index >= 15 is 0 Å². The Bertz CT molecular complexity index is 176. The number of hydrogen-bond donors (Lipinski definition) is 1. The molecule has 3 heteroatoms. The monoisotopic (exact) mass is 200 g/mol. The van der Waals surface area contributed by atoms with Gasteiger partial charge in [0, 0.05) is 5.25 Å². The minimum absolute atomic E-state index is 0.347. The summed E-state index contributed by atoms with van der Waals surface area (Å²) in [5.74, 6) is 1.06. The normalized spacial score (nSPS) is 17.5. The van der Waals surface area contributed by atoms with Gasteiger partial charge in [-0.25, -0.2) is 0 Å². The molecule has 0 aromatic carbocycles. The van der Waals surface area contributed by atoms with Gasteiger partial charge in [0.2, 0.25) is 0 Å². The fourth-order valence-electron chi connectivity index (χ4n) is 0.819. The summed E-state index contributed by atoms with van der Waals surface area (Å²) in [5.41, 5.74) is -0.347. The molecule has 13 heavy (non-hydrogen) atoms. The van der Waals surface area contributed by atoms with Gasteiger partial charge in [-0.05, 0) is 32.6 Å². The van der Waals surface area contributed by atoms with Crippen LogP contribution in [-0.4, -0.2) is 23.6 Å². The predicted molar refractivity (Wildman–Crippen MR) is 59.9 cm³/mol. The van der Waals surface area contributed by atoms with E-state index in [0.717, 1.165) is 12.2 Å². The molecule has 76 valence electrons. The molecule has 0 aliphatic heterocycles. The summed E-state index contributed by atoms with van der Waals surface area (Å²) in [6, 6.07) is 2.30. The molecule has 0 heterocycles. The van der Waals surface area contributed by atoms with Gasteiger partial charge in [0.25, 0.3) is 0 Å². The summed E-state index contributed by atoms with van der Waals surface area (Å²) in [5, 5.41) is 12.6. The first-order chi connectivity index (χ1) is 6.08. The maximum atomic E-state index is 8.89. The van der Waals surface area contributed by atoms with Crippen molar-refractivity contribution in [3.8, 4) is 6.07 Å². The van der Waals surface area contributed by atoms with Crippen LogP contribution in [-0.2, 0) is 0 Å². The summed E-state index contributed by atoms with van der Waals surface area (Å²) in [4.78, 5) is 0. The van der Waals surface area contributed by atoms with Crippen LogP contribution in [0.5, 0.6) is 0 Å². The number of hydrogen-bond acceptors (Lipinski definition) is 3. The molecule has 0 fully saturated rings. The molecule has 0 amide bonds. The van der Waals surface area contributed by atoms with E-state index in [9.17, 15) is 0 Å². The Kier molecular flexibility index (Phi) is 6.19. The van der Waals surface area contributed by atoms with Crippen molar-refractivity contribution in [1.82, 2.24) is 5.32 Å². The molecule has 0 rings (SSSR count). The molecule has 0 aliphatic carbocycles. The fraction of sp³-hybridized carbons (Fsp3) is 0.900. The van der Waals surface area contributed by atoms with Crippen molar-refractivity contribution in [3.63, 3.8) is 0 Å². The third-order valence-corrected chi connectivity index (χ3v) is 3.72. The van der Waals surface area contributed by atoms with Gasteiger partial charge in [0.05, 0.1) is 6.07 Å². The van der Waals surface area contributed by atoms with E-state index in [1.807, 2.05) is 25.7 Å². The van der Waals surface area contributed by atoms with E-state index in [1.165, 1.54) is 6.42 Å². The Morgan fingerprint density at radius 3 is 2.62 bits per heavy atom. The van der Waals surface area contributed by atoms with Crippen LogP contribution in [0, 0.1) is 11.3 Å². The maximum Gasteiger partial charge on any atom is 0.104 e. The van der Waals surface area contributed by atoms with Crippen molar-refractivity contribution < 1.29 is 0 Å². The number of nitrogens with one attached hydrogen (secondary N) is 1. The van der Waals surface area contributed by atoms with Crippen LogP contribution in [0.15, 0.2) is 0 Å². The largest absolute Gasteiger partial charge is 0.303 e. The zero-order valence-corrected chi connectivity index (χ0v) is 9.87. The molecule has 0 bridgehead atoms. The molecule has 2 unspecified atom stereocenters. The lowest BCUT2D eigenvalue weighted by atomic mass is 10.0. The van der Waals surface area contributed by atoms with E-state index in [2.05, 4.69) is 25.2 Å². The van der Waals surface area contributed by atoms with Gasteiger partial charge >= 0.3 is 0 Å². The first kappa shape index (κ1) is 12.8. The van der Waals surface area contributed by atoms with Gasteiger partial charge in [-0.3, -0.25) is 0 Å². The van der Waals surface area contributed by atoms with Gasteiger partial charge in [0.15, 0.2) is 0 Å². The van der Waals surface area contributed by atoms with Crippen molar-refractivity contribution in [2.45, 2.75) is 44.4 Å². The van der Waals surface area contributed by atoms with Crippen LogP contribution in [0.2, 0.25) is 0 Å². The number of thioether (sulfide) groups is 1. The smallest absolute Gasteiger partial charge is 0.104 e. The first-order valence-electron chi connectivity index (χ1n) is 4.79. The lowest BCUT2D eigenvalue weighted by Gasteiger charge is -2.20. The minimum atomic E-state index is -0.347. The predicted octanol–water partition coefficient (Wildman–Crippen LogP) is 2.41. The van der Waals surface area contributed by atoms with Gasteiger partial charge in [-0.2, -0.15) is 17.0 Å². The van der Waals surface area contributed by atoms with E-state index in [-0.39, 0.29) is 5.54 Å². The molecule has 0 aromatic heterocycles. The van der Waals surface area contributed by atoms with Crippen LogP contribution < -0.4 is 5.32 Å². The summed E-state index contributed by atoms with van der Waals surface area (Å²) in [6.07, 6.45) is 2.11. The Hall–Kier alpha value is -0.200. The number of nitrogens with zero attached hydrogens (tertiary/aromatic N) is 1. The fourth-order valence-corrected chi connectivity index (χ4v) is 1.98. The molecule has 0 radical (unpaired) electrons. The van der Waals surface area contributed by atoms with Crippen molar-refractivity contribution in [2.75, 3.05) is 12.8 Å². The average Bonchev–Trinajstić information content (AvgIpc) is 2.17. The molecule has 0 spiro atoms. The summed E-state index contributed by atoms with van der Waals surface area (Å²) < 4.78 is 0. The van der Waals surface area contributed by atoms with E-state index in [4.69, 9.17) is 5.26 Å².